The summed E-state index contributed by atoms with van der Waals surface area (Å²) in [5, 5.41) is 2.90. The molecule has 2 aromatic rings. The Labute approximate surface area is 196 Å². The molecule has 34 heavy (non-hydrogen) atoms. The van der Waals surface area contributed by atoms with Crippen LogP contribution in [-0.2, 0) is 15.8 Å². The van der Waals surface area contributed by atoms with Gasteiger partial charge in [0.15, 0.2) is 0 Å². The fourth-order valence-corrected chi connectivity index (χ4v) is 5.61. The lowest BCUT2D eigenvalue weighted by Crippen LogP contribution is -2.53. The van der Waals surface area contributed by atoms with Crippen LogP contribution in [0.25, 0.3) is 0 Å². The number of rotatable bonds is 4. The highest BCUT2D eigenvalue weighted by Gasteiger charge is 2.47. The van der Waals surface area contributed by atoms with Gasteiger partial charge in [-0.2, -0.15) is 13.2 Å². The van der Waals surface area contributed by atoms with E-state index in [4.69, 9.17) is 0 Å². The van der Waals surface area contributed by atoms with E-state index in [-0.39, 0.29) is 40.9 Å². The molecule has 0 saturated carbocycles. The molecule has 2 fully saturated rings. The molecule has 2 saturated heterocycles. The van der Waals surface area contributed by atoms with E-state index in [0.717, 1.165) is 11.6 Å². The third-order valence-electron chi connectivity index (χ3n) is 7.45. The molecular formula is C26H28F4N2O2. The number of nitrogens with zero attached hydrogens (tertiary/aromatic N) is 1. The molecule has 1 spiro atoms. The first-order valence-corrected chi connectivity index (χ1v) is 11.6. The molecule has 2 heterocycles. The second kappa shape index (κ2) is 9.39. The molecule has 1 N–H and O–H groups in total. The van der Waals surface area contributed by atoms with Gasteiger partial charge < -0.3 is 10.2 Å². The summed E-state index contributed by atoms with van der Waals surface area (Å²) in [6.07, 6.45) is -2.84. The van der Waals surface area contributed by atoms with E-state index >= 15 is 0 Å². The Morgan fingerprint density at radius 2 is 1.76 bits per heavy atom. The van der Waals surface area contributed by atoms with Gasteiger partial charge in [-0.25, -0.2) is 4.39 Å². The lowest BCUT2D eigenvalue weighted by molar-refractivity contribution is -0.140. The van der Waals surface area contributed by atoms with E-state index in [1.165, 1.54) is 30.3 Å². The second-order valence-electron chi connectivity index (χ2n) is 9.32. The fourth-order valence-electron chi connectivity index (χ4n) is 5.61. The number of piperidine rings is 2. The largest absolute Gasteiger partial charge is 0.416 e. The van der Waals surface area contributed by atoms with Crippen LogP contribution in [0, 0.1) is 11.2 Å². The molecule has 1 unspecified atom stereocenters. The number of likely N-dealkylation sites (tertiary alicyclic amines) is 1. The van der Waals surface area contributed by atoms with Crippen molar-refractivity contribution in [3.05, 3.63) is 71.0 Å². The maximum Gasteiger partial charge on any atom is 0.416 e. The van der Waals surface area contributed by atoms with Crippen LogP contribution in [0.15, 0.2) is 48.5 Å². The Morgan fingerprint density at radius 3 is 2.38 bits per heavy atom. The number of alkyl halides is 3. The molecule has 0 aromatic heterocycles. The minimum Gasteiger partial charge on any atom is -0.355 e. The van der Waals surface area contributed by atoms with Crippen molar-refractivity contribution in [2.75, 3.05) is 19.6 Å². The first kappa shape index (κ1) is 24.2. The van der Waals surface area contributed by atoms with Crippen LogP contribution in [0.3, 0.4) is 0 Å². The number of benzene rings is 2. The van der Waals surface area contributed by atoms with Crippen molar-refractivity contribution < 1.29 is 27.2 Å². The van der Waals surface area contributed by atoms with Gasteiger partial charge >= 0.3 is 6.18 Å². The topological polar surface area (TPSA) is 49.4 Å². The lowest BCUT2D eigenvalue weighted by Gasteiger charge is -2.49. The molecule has 2 aliphatic rings. The smallest absolute Gasteiger partial charge is 0.355 e. The van der Waals surface area contributed by atoms with Crippen LogP contribution in [0.4, 0.5) is 17.6 Å². The van der Waals surface area contributed by atoms with Gasteiger partial charge in [0.2, 0.25) is 11.8 Å². The maximum atomic E-state index is 13.6. The van der Waals surface area contributed by atoms with Crippen LogP contribution in [0.2, 0.25) is 0 Å². The third kappa shape index (κ3) is 4.68. The van der Waals surface area contributed by atoms with Crippen LogP contribution < -0.4 is 5.32 Å². The second-order valence-corrected chi connectivity index (χ2v) is 9.32. The number of carbonyl (C=O) groups excluding carboxylic acids is 2. The SMILES string of the molecule is CCC(C(=O)N1CCC2(CC1)CC(=O)NC[C@H]2c1ccc(F)cc1)c1ccccc1C(F)(F)F. The number of nitrogens with one attached hydrogen (secondary N) is 1. The minimum atomic E-state index is -4.53. The highest BCUT2D eigenvalue weighted by Crippen LogP contribution is 2.49. The summed E-state index contributed by atoms with van der Waals surface area (Å²) < 4.78 is 54.2. The molecule has 0 bridgehead atoms. The number of hydrogen-bond donors (Lipinski definition) is 1. The van der Waals surface area contributed by atoms with Crippen molar-refractivity contribution >= 4 is 11.8 Å². The molecule has 8 heteroatoms. The number of halogens is 4. The number of hydrogen-bond acceptors (Lipinski definition) is 2. The van der Waals surface area contributed by atoms with E-state index in [0.29, 0.717) is 38.9 Å². The molecule has 2 amide bonds. The Balaban J connectivity index is 1.54. The normalized spacial score (nSPS) is 21.3. The van der Waals surface area contributed by atoms with Gasteiger partial charge in [0, 0.05) is 32.0 Å². The third-order valence-corrected chi connectivity index (χ3v) is 7.45. The number of amides is 2. The molecule has 182 valence electrons. The minimum absolute atomic E-state index is 0.00372. The first-order chi connectivity index (χ1) is 16.1. The van der Waals surface area contributed by atoms with Crippen LogP contribution in [0.1, 0.15) is 61.1 Å². The van der Waals surface area contributed by atoms with Gasteiger partial charge in [0.25, 0.3) is 0 Å². The van der Waals surface area contributed by atoms with Gasteiger partial charge in [0.1, 0.15) is 5.82 Å². The van der Waals surface area contributed by atoms with Crippen molar-refractivity contribution in [1.29, 1.82) is 0 Å². The summed E-state index contributed by atoms with van der Waals surface area (Å²) in [5.74, 6) is -1.59. The average Bonchev–Trinajstić information content (AvgIpc) is 2.80. The van der Waals surface area contributed by atoms with Gasteiger partial charge in [-0.15, -0.1) is 0 Å². The van der Waals surface area contributed by atoms with Gasteiger partial charge in [-0.05, 0) is 54.0 Å². The summed E-state index contributed by atoms with van der Waals surface area (Å²) in [4.78, 5) is 27.3. The van der Waals surface area contributed by atoms with E-state index in [9.17, 15) is 27.2 Å². The first-order valence-electron chi connectivity index (χ1n) is 11.6. The molecule has 0 aliphatic carbocycles. The van der Waals surface area contributed by atoms with Gasteiger partial charge in [0.05, 0.1) is 11.5 Å². The van der Waals surface area contributed by atoms with Crippen molar-refractivity contribution in [3.63, 3.8) is 0 Å². The van der Waals surface area contributed by atoms with Gasteiger partial charge in [-0.3, -0.25) is 9.59 Å². The summed E-state index contributed by atoms with van der Waals surface area (Å²) in [6.45, 7) is 2.90. The zero-order valence-electron chi connectivity index (χ0n) is 19.0. The van der Waals surface area contributed by atoms with Crippen molar-refractivity contribution in [2.24, 2.45) is 5.41 Å². The Morgan fingerprint density at radius 1 is 1.12 bits per heavy atom. The van der Waals surface area contributed by atoms with Crippen molar-refractivity contribution in [3.8, 4) is 0 Å². The predicted molar refractivity (Wildman–Crippen MR) is 119 cm³/mol. The molecule has 4 nitrogen and oxygen atoms in total. The molecule has 2 atom stereocenters. The van der Waals surface area contributed by atoms with Crippen LogP contribution >= 0.6 is 0 Å². The quantitative estimate of drug-likeness (QED) is 0.613. The summed E-state index contributed by atoms with van der Waals surface area (Å²) >= 11 is 0. The predicted octanol–water partition coefficient (Wildman–Crippen LogP) is 5.25. The summed E-state index contributed by atoms with van der Waals surface area (Å²) in [7, 11) is 0. The molecule has 0 radical (unpaired) electrons. The maximum absolute atomic E-state index is 13.6. The van der Waals surface area contributed by atoms with E-state index in [1.807, 2.05) is 0 Å². The Bertz CT molecular complexity index is 1040. The van der Waals surface area contributed by atoms with Crippen LogP contribution in [0.5, 0.6) is 0 Å². The van der Waals surface area contributed by atoms with Gasteiger partial charge in [-0.1, -0.05) is 37.3 Å². The number of carbonyl (C=O) groups is 2. The Kier molecular flexibility index (Phi) is 6.69. The lowest BCUT2D eigenvalue weighted by atomic mass is 9.62. The Hall–Kier alpha value is -2.90. The van der Waals surface area contributed by atoms with E-state index in [2.05, 4.69) is 5.32 Å². The molecular weight excluding hydrogens is 448 g/mol. The monoisotopic (exact) mass is 476 g/mol. The van der Waals surface area contributed by atoms with Crippen LogP contribution in [-0.4, -0.2) is 36.3 Å². The molecule has 2 aliphatic heterocycles. The highest BCUT2D eigenvalue weighted by molar-refractivity contribution is 5.84. The highest BCUT2D eigenvalue weighted by atomic mass is 19.4. The average molecular weight is 477 g/mol. The fraction of sp³-hybridized carbons (Fsp3) is 0.462. The molecule has 2 aromatic carbocycles. The van der Waals surface area contributed by atoms with E-state index in [1.54, 1.807) is 24.0 Å². The zero-order valence-corrected chi connectivity index (χ0v) is 19.0. The molecule has 4 rings (SSSR count). The van der Waals surface area contributed by atoms with Crippen molar-refractivity contribution in [1.82, 2.24) is 10.2 Å². The van der Waals surface area contributed by atoms with Crippen molar-refractivity contribution in [2.45, 2.75) is 50.6 Å². The summed E-state index contributed by atoms with van der Waals surface area (Å²) in [5.41, 5.74) is -0.206. The van der Waals surface area contributed by atoms with E-state index < -0.39 is 17.7 Å². The summed E-state index contributed by atoms with van der Waals surface area (Å²) in [6, 6.07) is 11.5. The standard InChI is InChI=1S/C26H28F4N2O2/c1-2-19(20-5-3-4-6-21(20)26(28,29)30)24(34)32-13-11-25(12-14-32)15-23(33)31-16-22(25)17-7-9-18(27)10-8-17/h3-10,19,22H,2,11-16H2,1H3,(H,31,33)/t19?,22-/m0/s1. The zero-order chi connectivity index (χ0) is 24.5.